The molecule has 0 atom stereocenters. The fourth-order valence-corrected chi connectivity index (χ4v) is 11.3. The maximum Gasteiger partial charge on any atom is 0.0709 e. The van der Waals surface area contributed by atoms with Gasteiger partial charge in [0.05, 0.1) is 62.7 Å². The average Bonchev–Trinajstić information content (AvgIpc) is 3.85. The Bertz CT molecular complexity index is 3740. The molecule has 5 aromatic carbocycles. The quantitative estimate of drug-likeness (QED) is 0.178. The van der Waals surface area contributed by atoms with Crippen molar-refractivity contribution in [2.24, 2.45) is 0 Å². The van der Waals surface area contributed by atoms with Gasteiger partial charge in [-0.3, -0.25) is 9.97 Å². The summed E-state index contributed by atoms with van der Waals surface area (Å²) >= 11 is 0. The molecule has 292 valence electrons. The van der Waals surface area contributed by atoms with Crippen molar-refractivity contribution in [2.45, 2.75) is 38.5 Å². The summed E-state index contributed by atoms with van der Waals surface area (Å²) in [7, 11) is 0. The minimum absolute atomic E-state index is 0.937. The van der Waals surface area contributed by atoms with Gasteiger partial charge in [0, 0.05) is 56.1 Å². The molecule has 0 fully saturated rings. The van der Waals surface area contributed by atoms with Gasteiger partial charge in [0.2, 0.25) is 0 Å². The molecule has 0 saturated carbocycles. The molecule has 0 aliphatic heterocycles. The summed E-state index contributed by atoms with van der Waals surface area (Å²) < 4.78 is 5.04. The third-order valence-electron chi connectivity index (χ3n) is 13.9. The largest absolute Gasteiger partial charge is 0.311 e. The first kappa shape index (κ1) is 34.1. The molecular formula is C56H38N6. The lowest BCUT2D eigenvalue weighted by Crippen LogP contribution is -2.16. The zero-order valence-electron chi connectivity index (χ0n) is 33.9. The summed E-state index contributed by atoms with van der Waals surface area (Å²) in [5.41, 5.74) is 24.0. The van der Waals surface area contributed by atoms with Crippen molar-refractivity contribution in [2.75, 3.05) is 0 Å². The number of rotatable bonds is 4. The van der Waals surface area contributed by atoms with E-state index in [4.69, 9.17) is 9.97 Å². The van der Waals surface area contributed by atoms with E-state index in [1.54, 1.807) is 0 Å². The van der Waals surface area contributed by atoms with Gasteiger partial charge in [0.15, 0.2) is 0 Å². The average molecular weight is 795 g/mol. The number of aromatic nitrogens is 6. The van der Waals surface area contributed by atoms with Crippen LogP contribution in [0.4, 0.5) is 0 Å². The highest BCUT2D eigenvalue weighted by molar-refractivity contribution is 6.15. The van der Waals surface area contributed by atoms with Crippen molar-refractivity contribution in [1.82, 2.24) is 29.1 Å². The number of allylic oxidation sites excluding steroid dienone is 1. The zero-order chi connectivity index (χ0) is 40.5. The van der Waals surface area contributed by atoms with Crippen LogP contribution in [-0.4, -0.2) is 29.1 Å². The predicted octanol–water partition coefficient (Wildman–Crippen LogP) is 12.6. The second kappa shape index (κ2) is 12.9. The highest BCUT2D eigenvalue weighted by atomic mass is 15.0. The fourth-order valence-electron chi connectivity index (χ4n) is 11.3. The second-order valence-corrected chi connectivity index (χ2v) is 17.2. The Hall–Kier alpha value is -7.70. The van der Waals surface area contributed by atoms with Crippen molar-refractivity contribution < 1.29 is 0 Å². The van der Waals surface area contributed by atoms with E-state index < -0.39 is 0 Å². The van der Waals surface area contributed by atoms with Gasteiger partial charge in [-0.2, -0.15) is 0 Å². The van der Waals surface area contributed by atoms with Gasteiger partial charge in [-0.1, -0.05) is 54.6 Å². The molecule has 0 radical (unpaired) electrons. The molecule has 0 spiro atoms. The number of fused-ring (bicyclic) bond motifs is 10. The smallest absolute Gasteiger partial charge is 0.0709 e. The summed E-state index contributed by atoms with van der Waals surface area (Å²) in [4.78, 5) is 19.6. The minimum atomic E-state index is 0.937. The molecule has 14 rings (SSSR count). The molecule has 62 heavy (non-hydrogen) atoms. The maximum absolute atomic E-state index is 5.16. The minimum Gasteiger partial charge on any atom is -0.311 e. The van der Waals surface area contributed by atoms with Crippen molar-refractivity contribution >= 4 is 66.2 Å². The normalized spacial score (nSPS) is 14.2. The van der Waals surface area contributed by atoms with Crippen molar-refractivity contribution in [1.29, 1.82) is 0 Å². The van der Waals surface area contributed by atoms with E-state index >= 15 is 0 Å². The Morgan fingerprint density at radius 3 is 1.79 bits per heavy atom. The van der Waals surface area contributed by atoms with Gasteiger partial charge < -0.3 is 9.13 Å². The molecule has 11 aromatic rings. The topological polar surface area (TPSA) is 61.4 Å². The molecule has 0 bridgehead atoms. The van der Waals surface area contributed by atoms with Crippen LogP contribution in [0.25, 0.3) is 99.9 Å². The van der Waals surface area contributed by atoms with Crippen LogP contribution in [0.1, 0.15) is 45.6 Å². The lowest BCUT2D eigenvalue weighted by Gasteiger charge is -2.31. The van der Waals surface area contributed by atoms with Crippen LogP contribution >= 0.6 is 0 Å². The van der Waals surface area contributed by atoms with E-state index in [2.05, 4.69) is 153 Å². The van der Waals surface area contributed by atoms with E-state index in [-0.39, 0.29) is 0 Å². The van der Waals surface area contributed by atoms with Crippen LogP contribution in [0.3, 0.4) is 0 Å². The van der Waals surface area contributed by atoms with E-state index in [1.165, 1.54) is 88.3 Å². The first-order valence-electron chi connectivity index (χ1n) is 21.8. The molecule has 6 heteroatoms. The zero-order valence-corrected chi connectivity index (χ0v) is 33.9. The fraction of sp³-hybridized carbons (Fsp3) is 0.107. The van der Waals surface area contributed by atoms with Crippen LogP contribution in [0, 0.1) is 0 Å². The Kier molecular flexibility index (Phi) is 7.09. The number of para-hydroxylation sites is 2. The Balaban J connectivity index is 1.02. The Morgan fingerprint density at radius 2 is 1.10 bits per heavy atom. The number of pyridine rings is 4. The van der Waals surface area contributed by atoms with Gasteiger partial charge in [0.1, 0.15) is 0 Å². The van der Waals surface area contributed by atoms with Crippen molar-refractivity contribution in [3.05, 3.63) is 191 Å². The van der Waals surface area contributed by atoms with E-state index in [0.717, 1.165) is 83.3 Å². The summed E-state index contributed by atoms with van der Waals surface area (Å²) in [5.74, 6) is 0. The summed E-state index contributed by atoms with van der Waals surface area (Å²) in [6.07, 6.45) is 16.1. The van der Waals surface area contributed by atoms with Crippen LogP contribution in [0.5, 0.6) is 0 Å². The van der Waals surface area contributed by atoms with Crippen LogP contribution in [0.2, 0.25) is 0 Å². The summed E-state index contributed by atoms with van der Waals surface area (Å²) in [5, 5.41) is 6.24. The molecule has 0 N–H and O–H groups in total. The second-order valence-electron chi connectivity index (χ2n) is 17.2. The number of hydrogen-bond acceptors (Lipinski definition) is 4. The monoisotopic (exact) mass is 794 g/mol. The van der Waals surface area contributed by atoms with Gasteiger partial charge in [-0.25, -0.2) is 9.97 Å². The van der Waals surface area contributed by atoms with Crippen LogP contribution in [-0.2, 0) is 32.1 Å². The molecule has 3 aliphatic rings. The molecule has 0 unspecified atom stereocenters. The van der Waals surface area contributed by atoms with E-state index in [0.29, 0.717) is 0 Å². The van der Waals surface area contributed by atoms with Gasteiger partial charge in [-0.15, -0.1) is 0 Å². The van der Waals surface area contributed by atoms with E-state index in [9.17, 15) is 0 Å². The SMILES string of the molecule is C1=C(c2ccc3ccccc3n2)CCc2c1c1cc3c4c(c1n2-c1cccnc1)CCc1c-4c(cc2c4cc(-c5ccc6ccccc6n5)ccc4n(-c4cccnc4)c12)CC3. The standard InChI is InChI=1S/C56H38N6/c1-3-11-47-33(7-1)15-21-49(59-47)35-17-23-51-43(27-35)45-29-37-13-14-38-30-46-44-28-36(50-22-16-34-8-2-4-12-48(34)60-50)18-24-52(44)62(40-10-6-26-58-32-40)56(46)42-20-19-41(53(37)54(38)42)55(45)61(51)39-9-5-25-57-31-39/h1-12,15-17,21-23,25-32H,13-14,18-20,24H2. The third-order valence-corrected chi connectivity index (χ3v) is 13.9. The third kappa shape index (κ3) is 4.86. The highest BCUT2D eigenvalue weighted by Crippen LogP contribution is 2.52. The molecule has 3 aliphatic carbocycles. The molecule has 6 heterocycles. The molecule has 6 nitrogen and oxygen atoms in total. The Morgan fingerprint density at radius 1 is 0.468 bits per heavy atom. The van der Waals surface area contributed by atoms with Gasteiger partial charge in [0.25, 0.3) is 0 Å². The number of nitrogens with zero attached hydrogens (tertiary/aromatic N) is 6. The lowest BCUT2D eigenvalue weighted by molar-refractivity contribution is 0.868. The van der Waals surface area contributed by atoms with Crippen LogP contribution < -0.4 is 0 Å². The molecule has 0 amide bonds. The van der Waals surface area contributed by atoms with Gasteiger partial charge >= 0.3 is 0 Å². The lowest BCUT2D eigenvalue weighted by atomic mass is 9.73. The van der Waals surface area contributed by atoms with Gasteiger partial charge in [-0.05, 0) is 156 Å². The first-order valence-corrected chi connectivity index (χ1v) is 21.8. The molecular weight excluding hydrogens is 757 g/mol. The molecule has 0 saturated heterocycles. The predicted molar refractivity (Wildman–Crippen MR) is 252 cm³/mol. The Labute approximate surface area is 357 Å². The van der Waals surface area contributed by atoms with Crippen molar-refractivity contribution in [3.63, 3.8) is 0 Å². The first-order chi connectivity index (χ1) is 30.7. The highest BCUT2D eigenvalue weighted by Gasteiger charge is 2.34. The number of benzene rings is 5. The number of aryl methyl sites for hydroxylation is 4. The van der Waals surface area contributed by atoms with Crippen LogP contribution in [0.15, 0.2) is 152 Å². The van der Waals surface area contributed by atoms with E-state index in [1.807, 2.05) is 24.8 Å². The van der Waals surface area contributed by atoms with Crippen molar-refractivity contribution in [3.8, 4) is 33.8 Å². The summed E-state index contributed by atoms with van der Waals surface area (Å²) in [6, 6.07) is 46.1. The number of hydrogen-bond donors (Lipinski definition) is 0. The summed E-state index contributed by atoms with van der Waals surface area (Å²) in [6.45, 7) is 0. The maximum atomic E-state index is 5.16. The molecule has 6 aromatic heterocycles.